The second kappa shape index (κ2) is 7.81. The summed E-state index contributed by atoms with van der Waals surface area (Å²) in [5.74, 6) is -0.650. The largest absolute Gasteiger partial charge is 0.454 e. The fraction of sp³-hybridized carbons (Fsp3) is 0.150. The lowest BCUT2D eigenvalue weighted by atomic mass is 10.1. The minimum Gasteiger partial charge on any atom is -0.454 e. The number of carbonyl (C=O) groups excluding carboxylic acids is 1. The van der Waals surface area contributed by atoms with Gasteiger partial charge in [0.1, 0.15) is 23.3 Å². The zero-order valence-corrected chi connectivity index (χ0v) is 15.3. The van der Waals surface area contributed by atoms with Gasteiger partial charge in [-0.25, -0.2) is 9.78 Å². The minimum atomic E-state index is -0.650. The zero-order valence-electron chi connectivity index (χ0n) is 14.5. The standard InChI is InChI=1S/C20H17N3O2S/c1-23(2)16-9-7-14(8-10-16)11-15(12-21)20(24)25-13-19-22-17-5-3-4-6-18(17)26-19/h3-11H,13H2,1-2H3/b15-11+. The molecular formula is C20H17N3O2S. The van der Waals surface area contributed by atoms with Gasteiger partial charge < -0.3 is 9.64 Å². The Kier molecular flexibility index (Phi) is 5.30. The maximum atomic E-state index is 12.2. The van der Waals surface area contributed by atoms with Gasteiger partial charge in [-0.3, -0.25) is 0 Å². The lowest BCUT2D eigenvalue weighted by Crippen LogP contribution is -2.08. The highest BCUT2D eigenvalue weighted by Gasteiger charge is 2.13. The van der Waals surface area contributed by atoms with Crippen molar-refractivity contribution in [1.29, 1.82) is 5.26 Å². The predicted octanol–water partition coefficient (Wildman–Crippen LogP) is 4.01. The quantitative estimate of drug-likeness (QED) is 0.389. The van der Waals surface area contributed by atoms with Crippen LogP contribution in [0.4, 0.5) is 5.69 Å². The number of thiazole rings is 1. The molecule has 5 nitrogen and oxygen atoms in total. The van der Waals surface area contributed by atoms with Crippen molar-refractivity contribution < 1.29 is 9.53 Å². The third kappa shape index (κ3) is 4.08. The molecule has 0 bridgehead atoms. The Bertz CT molecular complexity index is 965. The Morgan fingerprint density at radius 3 is 2.62 bits per heavy atom. The molecule has 6 heteroatoms. The second-order valence-electron chi connectivity index (χ2n) is 5.81. The Balaban J connectivity index is 1.69. The van der Waals surface area contributed by atoms with E-state index in [9.17, 15) is 10.1 Å². The van der Waals surface area contributed by atoms with E-state index in [0.717, 1.165) is 21.5 Å². The molecule has 26 heavy (non-hydrogen) atoms. The number of anilines is 1. The summed E-state index contributed by atoms with van der Waals surface area (Å²) in [6, 6.07) is 17.2. The topological polar surface area (TPSA) is 66.2 Å². The number of hydrogen-bond acceptors (Lipinski definition) is 6. The maximum Gasteiger partial charge on any atom is 0.349 e. The van der Waals surface area contributed by atoms with Crippen LogP contribution in [0.1, 0.15) is 10.6 Å². The number of nitriles is 1. The van der Waals surface area contributed by atoms with Crippen LogP contribution < -0.4 is 4.90 Å². The van der Waals surface area contributed by atoms with Gasteiger partial charge >= 0.3 is 5.97 Å². The van der Waals surface area contributed by atoms with Crippen molar-refractivity contribution in [2.24, 2.45) is 0 Å². The molecule has 1 aromatic heterocycles. The molecule has 1 heterocycles. The van der Waals surface area contributed by atoms with E-state index in [1.54, 1.807) is 0 Å². The fourth-order valence-electron chi connectivity index (χ4n) is 2.36. The molecule has 0 N–H and O–H groups in total. The molecule has 0 amide bonds. The summed E-state index contributed by atoms with van der Waals surface area (Å²) in [4.78, 5) is 18.6. The molecule has 0 spiro atoms. The van der Waals surface area contributed by atoms with E-state index in [2.05, 4.69) is 4.98 Å². The van der Waals surface area contributed by atoms with Crippen molar-refractivity contribution in [2.45, 2.75) is 6.61 Å². The molecule has 0 aliphatic heterocycles. The van der Waals surface area contributed by atoms with Gasteiger partial charge in [-0.1, -0.05) is 24.3 Å². The number of para-hydroxylation sites is 1. The molecule has 0 fully saturated rings. The highest BCUT2D eigenvalue weighted by Crippen LogP contribution is 2.22. The molecule has 0 saturated heterocycles. The fourth-order valence-corrected chi connectivity index (χ4v) is 3.24. The van der Waals surface area contributed by atoms with E-state index in [-0.39, 0.29) is 12.2 Å². The molecule has 0 atom stereocenters. The Morgan fingerprint density at radius 1 is 1.23 bits per heavy atom. The van der Waals surface area contributed by atoms with Gasteiger partial charge in [-0.15, -0.1) is 11.3 Å². The van der Waals surface area contributed by atoms with Crippen molar-refractivity contribution >= 4 is 39.3 Å². The minimum absolute atomic E-state index is 0.0382. The van der Waals surface area contributed by atoms with Crippen LogP contribution >= 0.6 is 11.3 Å². The van der Waals surface area contributed by atoms with Gasteiger partial charge in [0.25, 0.3) is 0 Å². The first-order chi connectivity index (χ1) is 12.6. The Hall–Kier alpha value is -3.17. The molecule has 130 valence electrons. The smallest absolute Gasteiger partial charge is 0.349 e. The normalized spacial score (nSPS) is 11.2. The molecule has 0 radical (unpaired) electrons. The summed E-state index contributed by atoms with van der Waals surface area (Å²) in [7, 11) is 3.90. The molecular weight excluding hydrogens is 346 g/mol. The molecule has 0 saturated carbocycles. The van der Waals surface area contributed by atoms with Crippen LogP contribution in [0.25, 0.3) is 16.3 Å². The van der Waals surface area contributed by atoms with E-state index >= 15 is 0 Å². The summed E-state index contributed by atoms with van der Waals surface area (Å²) >= 11 is 1.47. The van der Waals surface area contributed by atoms with Crippen LogP contribution in [0.5, 0.6) is 0 Å². The average molecular weight is 363 g/mol. The van der Waals surface area contributed by atoms with Crippen LogP contribution in [0, 0.1) is 11.3 Å². The number of benzene rings is 2. The van der Waals surface area contributed by atoms with Gasteiger partial charge in [-0.2, -0.15) is 5.26 Å². The molecule has 0 aliphatic carbocycles. The summed E-state index contributed by atoms with van der Waals surface area (Å²) in [5, 5.41) is 9.97. The third-order valence-corrected chi connectivity index (χ3v) is 4.74. The zero-order chi connectivity index (χ0) is 18.5. The van der Waals surface area contributed by atoms with Crippen LogP contribution in [0.15, 0.2) is 54.1 Å². The highest BCUT2D eigenvalue weighted by atomic mass is 32.1. The third-order valence-electron chi connectivity index (χ3n) is 3.73. The van der Waals surface area contributed by atoms with Crippen molar-refractivity contribution in [1.82, 2.24) is 4.98 Å². The van der Waals surface area contributed by atoms with E-state index in [0.29, 0.717) is 5.01 Å². The van der Waals surface area contributed by atoms with E-state index in [1.807, 2.05) is 73.6 Å². The second-order valence-corrected chi connectivity index (χ2v) is 6.92. The maximum absolute atomic E-state index is 12.2. The number of aromatic nitrogens is 1. The van der Waals surface area contributed by atoms with E-state index in [4.69, 9.17) is 4.74 Å². The SMILES string of the molecule is CN(C)c1ccc(/C=C(\C#N)C(=O)OCc2nc3ccccc3s2)cc1. The van der Waals surface area contributed by atoms with Gasteiger partial charge in [0, 0.05) is 19.8 Å². The summed E-state index contributed by atoms with van der Waals surface area (Å²) in [6.45, 7) is 0.0523. The number of hydrogen-bond donors (Lipinski definition) is 0. The Morgan fingerprint density at radius 2 is 1.96 bits per heavy atom. The monoisotopic (exact) mass is 363 g/mol. The molecule has 3 rings (SSSR count). The first kappa shape index (κ1) is 17.6. The number of carbonyl (C=O) groups is 1. The number of esters is 1. The van der Waals surface area contributed by atoms with Crippen LogP contribution in [0.2, 0.25) is 0 Å². The van der Waals surface area contributed by atoms with Crippen molar-refractivity contribution in [3.05, 3.63) is 64.7 Å². The van der Waals surface area contributed by atoms with Gasteiger partial charge in [-0.05, 0) is 35.9 Å². The molecule has 3 aromatic rings. The van der Waals surface area contributed by atoms with Crippen molar-refractivity contribution in [3.8, 4) is 6.07 Å². The summed E-state index contributed by atoms with van der Waals surface area (Å²) in [5.41, 5.74) is 2.65. The molecule has 0 unspecified atom stereocenters. The summed E-state index contributed by atoms with van der Waals surface area (Å²) < 4.78 is 6.29. The summed E-state index contributed by atoms with van der Waals surface area (Å²) in [6.07, 6.45) is 1.53. The lowest BCUT2D eigenvalue weighted by Gasteiger charge is -2.11. The van der Waals surface area contributed by atoms with E-state index < -0.39 is 5.97 Å². The molecule has 0 aliphatic rings. The van der Waals surface area contributed by atoms with E-state index in [1.165, 1.54) is 17.4 Å². The first-order valence-corrected chi connectivity index (χ1v) is 8.79. The lowest BCUT2D eigenvalue weighted by molar-refractivity contribution is -0.139. The predicted molar refractivity (Wildman–Crippen MR) is 104 cm³/mol. The average Bonchev–Trinajstić information content (AvgIpc) is 3.07. The first-order valence-electron chi connectivity index (χ1n) is 7.97. The van der Waals surface area contributed by atoms with Gasteiger partial charge in [0.2, 0.25) is 0 Å². The number of ether oxygens (including phenoxy) is 1. The van der Waals surface area contributed by atoms with Crippen LogP contribution in [-0.2, 0) is 16.1 Å². The highest BCUT2D eigenvalue weighted by molar-refractivity contribution is 7.18. The van der Waals surface area contributed by atoms with Gasteiger partial charge in [0.05, 0.1) is 10.2 Å². The molecule has 2 aromatic carbocycles. The Labute approximate surface area is 155 Å². The van der Waals surface area contributed by atoms with Crippen molar-refractivity contribution in [3.63, 3.8) is 0 Å². The number of fused-ring (bicyclic) bond motifs is 1. The number of rotatable bonds is 5. The van der Waals surface area contributed by atoms with Crippen LogP contribution in [-0.4, -0.2) is 25.0 Å². The number of nitrogens with zero attached hydrogens (tertiary/aromatic N) is 3. The van der Waals surface area contributed by atoms with Gasteiger partial charge in [0.15, 0.2) is 0 Å². The van der Waals surface area contributed by atoms with Crippen molar-refractivity contribution in [2.75, 3.05) is 19.0 Å². The van der Waals surface area contributed by atoms with Crippen LogP contribution in [0.3, 0.4) is 0 Å².